The highest BCUT2D eigenvalue weighted by molar-refractivity contribution is 8.00. The summed E-state index contributed by atoms with van der Waals surface area (Å²) in [5.41, 5.74) is 5.79. The van der Waals surface area contributed by atoms with Gasteiger partial charge >= 0.3 is 0 Å². The van der Waals surface area contributed by atoms with Gasteiger partial charge in [0.05, 0.1) is 0 Å². The number of piperidine rings is 1. The number of nitrogens with zero attached hydrogens (tertiary/aromatic N) is 6. The van der Waals surface area contributed by atoms with Gasteiger partial charge in [-0.05, 0) is 37.9 Å². The molecular formula is C11H15N7S2. The molecule has 0 aromatic carbocycles. The quantitative estimate of drug-likeness (QED) is 0.916. The molecule has 0 bridgehead atoms. The van der Waals surface area contributed by atoms with Crippen LogP contribution < -0.4 is 10.6 Å². The predicted octanol–water partition coefficient (Wildman–Crippen LogP) is 1.76. The third-order valence-corrected chi connectivity index (χ3v) is 4.70. The smallest absolute Gasteiger partial charge is 0.231 e. The van der Waals surface area contributed by atoms with E-state index in [4.69, 9.17) is 5.73 Å². The van der Waals surface area contributed by atoms with E-state index in [2.05, 4.69) is 30.0 Å². The van der Waals surface area contributed by atoms with E-state index in [1.807, 2.05) is 6.92 Å². The van der Waals surface area contributed by atoms with Crippen LogP contribution in [0.25, 0.3) is 0 Å². The minimum atomic E-state index is 0.254. The van der Waals surface area contributed by atoms with Crippen LogP contribution in [0.3, 0.4) is 0 Å². The van der Waals surface area contributed by atoms with E-state index in [-0.39, 0.29) is 5.95 Å². The highest BCUT2D eigenvalue weighted by Crippen LogP contribution is 2.28. The molecule has 9 heteroatoms. The standard InChI is InChI=1S/C11H15N7S2/c1-7-16-17-11(19-7)20-10-14-8(12)13-9(15-10)18-5-3-2-4-6-18/h2-6H2,1H3,(H2,12,13,14,15). The highest BCUT2D eigenvalue weighted by Gasteiger charge is 2.16. The molecule has 3 heterocycles. The van der Waals surface area contributed by atoms with Crippen LogP contribution in [-0.2, 0) is 0 Å². The molecule has 0 atom stereocenters. The van der Waals surface area contributed by atoms with Gasteiger partial charge in [0, 0.05) is 13.1 Å². The number of rotatable bonds is 3. The topological polar surface area (TPSA) is 93.7 Å². The molecule has 20 heavy (non-hydrogen) atoms. The van der Waals surface area contributed by atoms with Crippen molar-refractivity contribution in [3.05, 3.63) is 5.01 Å². The van der Waals surface area contributed by atoms with Crippen molar-refractivity contribution in [2.24, 2.45) is 0 Å². The first-order valence-corrected chi connectivity index (χ1v) is 8.08. The lowest BCUT2D eigenvalue weighted by atomic mass is 10.1. The summed E-state index contributed by atoms with van der Waals surface area (Å²) in [7, 11) is 0. The minimum Gasteiger partial charge on any atom is -0.368 e. The maximum absolute atomic E-state index is 5.79. The first-order chi connectivity index (χ1) is 9.70. The second-order valence-corrected chi connectivity index (χ2v) is 6.91. The molecule has 1 fully saturated rings. The number of aromatic nitrogens is 5. The van der Waals surface area contributed by atoms with Crippen LogP contribution in [-0.4, -0.2) is 38.2 Å². The highest BCUT2D eigenvalue weighted by atomic mass is 32.2. The monoisotopic (exact) mass is 309 g/mol. The van der Waals surface area contributed by atoms with Crippen molar-refractivity contribution in [2.75, 3.05) is 23.7 Å². The Balaban J connectivity index is 1.82. The number of anilines is 2. The Morgan fingerprint density at radius 3 is 2.60 bits per heavy atom. The SMILES string of the molecule is Cc1nnc(Sc2nc(N)nc(N3CCCCC3)n2)s1. The van der Waals surface area contributed by atoms with Gasteiger partial charge in [0.25, 0.3) is 0 Å². The average Bonchev–Trinajstić information content (AvgIpc) is 2.84. The van der Waals surface area contributed by atoms with Gasteiger partial charge in [-0.3, -0.25) is 0 Å². The Bertz CT molecular complexity index is 594. The molecular weight excluding hydrogens is 294 g/mol. The largest absolute Gasteiger partial charge is 0.368 e. The van der Waals surface area contributed by atoms with Crippen molar-refractivity contribution >= 4 is 35.0 Å². The Morgan fingerprint density at radius 2 is 1.90 bits per heavy atom. The molecule has 0 spiro atoms. The molecule has 2 aromatic heterocycles. The van der Waals surface area contributed by atoms with Crippen molar-refractivity contribution in [3.8, 4) is 0 Å². The van der Waals surface area contributed by atoms with E-state index < -0.39 is 0 Å². The van der Waals surface area contributed by atoms with E-state index in [0.29, 0.717) is 11.1 Å². The van der Waals surface area contributed by atoms with Crippen molar-refractivity contribution in [1.82, 2.24) is 25.1 Å². The Morgan fingerprint density at radius 1 is 1.10 bits per heavy atom. The second-order valence-electron chi connectivity index (χ2n) is 4.51. The number of nitrogens with two attached hydrogens (primary N) is 1. The summed E-state index contributed by atoms with van der Waals surface area (Å²) in [4.78, 5) is 15.1. The van der Waals surface area contributed by atoms with Gasteiger partial charge < -0.3 is 10.6 Å². The van der Waals surface area contributed by atoms with Crippen molar-refractivity contribution < 1.29 is 0 Å². The van der Waals surface area contributed by atoms with E-state index in [0.717, 1.165) is 22.4 Å². The maximum Gasteiger partial charge on any atom is 0.231 e. The van der Waals surface area contributed by atoms with Gasteiger partial charge in [-0.25, -0.2) is 0 Å². The minimum absolute atomic E-state index is 0.254. The summed E-state index contributed by atoms with van der Waals surface area (Å²) < 4.78 is 0.817. The molecule has 2 N–H and O–H groups in total. The number of hydrogen-bond acceptors (Lipinski definition) is 9. The van der Waals surface area contributed by atoms with Crippen molar-refractivity contribution in [1.29, 1.82) is 0 Å². The normalized spacial score (nSPS) is 15.6. The fourth-order valence-electron chi connectivity index (χ4n) is 2.04. The molecule has 7 nitrogen and oxygen atoms in total. The lowest BCUT2D eigenvalue weighted by molar-refractivity contribution is 0.565. The molecule has 0 unspecified atom stereocenters. The van der Waals surface area contributed by atoms with Crippen LogP contribution in [0.1, 0.15) is 24.3 Å². The van der Waals surface area contributed by atoms with E-state index in [1.54, 1.807) is 0 Å². The van der Waals surface area contributed by atoms with Gasteiger partial charge in [0.1, 0.15) is 5.01 Å². The molecule has 1 aliphatic heterocycles. The molecule has 0 amide bonds. The molecule has 1 saturated heterocycles. The van der Waals surface area contributed by atoms with Crippen LogP contribution >= 0.6 is 23.1 Å². The summed E-state index contributed by atoms with van der Waals surface area (Å²) in [6.07, 6.45) is 3.61. The van der Waals surface area contributed by atoms with Crippen molar-refractivity contribution in [2.45, 2.75) is 35.7 Å². The summed E-state index contributed by atoms with van der Waals surface area (Å²) in [6.45, 7) is 3.87. The van der Waals surface area contributed by atoms with Crippen LogP contribution in [0.15, 0.2) is 9.50 Å². The van der Waals surface area contributed by atoms with Crippen LogP contribution in [0.2, 0.25) is 0 Å². The Hall–Kier alpha value is -1.48. The third kappa shape index (κ3) is 3.15. The Labute approximate surface area is 125 Å². The number of hydrogen-bond donors (Lipinski definition) is 1. The van der Waals surface area contributed by atoms with Crippen LogP contribution in [0, 0.1) is 6.92 Å². The molecule has 0 saturated carbocycles. The predicted molar refractivity (Wildman–Crippen MR) is 79.1 cm³/mol. The average molecular weight is 309 g/mol. The lowest BCUT2D eigenvalue weighted by Gasteiger charge is -2.26. The Kier molecular flexibility index (Phi) is 3.97. The summed E-state index contributed by atoms with van der Waals surface area (Å²) in [5, 5.41) is 9.54. The summed E-state index contributed by atoms with van der Waals surface area (Å²) in [6, 6.07) is 0. The molecule has 0 radical (unpaired) electrons. The molecule has 3 rings (SSSR count). The van der Waals surface area contributed by atoms with Crippen LogP contribution in [0.5, 0.6) is 0 Å². The van der Waals surface area contributed by atoms with Crippen LogP contribution in [0.4, 0.5) is 11.9 Å². The lowest BCUT2D eigenvalue weighted by Crippen LogP contribution is -2.31. The molecule has 0 aliphatic carbocycles. The zero-order chi connectivity index (χ0) is 13.9. The molecule has 2 aromatic rings. The number of nitrogen functional groups attached to an aromatic ring is 1. The van der Waals surface area contributed by atoms with Gasteiger partial charge in [0.15, 0.2) is 4.34 Å². The summed E-state index contributed by atoms with van der Waals surface area (Å²) >= 11 is 2.89. The first-order valence-electron chi connectivity index (χ1n) is 6.45. The molecule has 106 valence electrons. The van der Waals surface area contributed by atoms with Gasteiger partial charge in [-0.1, -0.05) is 11.3 Å². The van der Waals surface area contributed by atoms with Gasteiger partial charge in [-0.15, -0.1) is 10.2 Å². The zero-order valence-electron chi connectivity index (χ0n) is 11.1. The molecule has 1 aliphatic rings. The number of aryl methyl sites for hydroxylation is 1. The fourth-order valence-corrected chi connectivity index (χ4v) is 3.71. The third-order valence-electron chi connectivity index (χ3n) is 2.95. The first kappa shape index (κ1) is 13.5. The van der Waals surface area contributed by atoms with E-state index in [1.165, 1.54) is 42.4 Å². The fraction of sp³-hybridized carbons (Fsp3) is 0.545. The van der Waals surface area contributed by atoms with Gasteiger partial charge in [0.2, 0.25) is 17.1 Å². The van der Waals surface area contributed by atoms with Crippen molar-refractivity contribution in [3.63, 3.8) is 0 Å². The van der Waals surface area contributed by atoms with E-state index >= 15 is 0 Å². The van der Waals surface area contributed by atoms with Gasteiger partial charge in [-0.2, -0.15) is 15.0 Å². The van der Waals surface area contributed by atoms with E-state index in [9.17, 15) is 0 Å². The summed E-state index contributed by atoms with van der Waals surface area (Å²) in [5.74, 6) is 0.922. The maximum atomic E-state index is 5.79. The zero-order valence-corrected chi connectivity index (χ0v) is 12.7. The second kappa shape index (κ2) is 5.88.